The Morgan fingerprint density at radius 3 is 2.53 bits per heavy atom. The zero-order valence-electron chi connectivity index (χ0n) is 15.6. The van der Waals surface area contributed by atoms with E-state index in [0.29, 0.717) is 17.0 Å². The van der Waals surface area contributed by atoms with E-state index >= 15 is 0 Å². The second-order valence-electron chi connectivity index (χ2n) is 6.10. The Bertz CT molecular complexity index is 1130. The molecule has 1 amide bonds. The number of amides is 1. The van der Waals surface area contributed by atoms with E-state index in [9.17, 15) is 23.2 Å². The molecule has 152 valence electrons. The number of carbonyl (C=O) groups excluding carboxylic acids is 1. The standard InChI is InChI=1S/C21H15F3N4O2/c1-30-16-8-6-13(7-9-16)19-15(12-26-28-19)10-14(11-25)20(29)27-18-5-3-2-4-17(18)21(22,23)24/h2-10,12H,1H3,(H,26,28)(H,27,29)/b14-10+. The molecule has 30 heavy (non-hydrogen) atoms. The fourth-order valence-corrected chi connectivity index (χ4v) is 2.73. The molecule has 9 heteroatoms. The maximum Gasteiger partial charge on any atom is 0.418 e. The van der Waals surface area contributed by atoms with Gasteiger partial charge in [-0.3, -0.25) is 9.89 Å². The number of nitrogens with zero attached hydrogens (tertiary/aromatic N) is 2. The summed E-state index contributed by atoms with van der Waals surface area (Å²) in [6.07, 6.45) is -1.98. The average molecular weight is 412 g/mol. The molecule has 3 rings (SSSR count). The highest BCUT2D eigenvalue weighted by Crippen LogP contribution is 2.34. The minimum absolute atomic E-state index is 0.372. The van der Waals surface area contributed by atoms with Crippen molar-refractivity contribution in [3.8, 4) is 23.1 Å². The van der Waals surface area contributed by atoms with Crippen molar-refractivity contribution in [3.05, 3.63) is 71.4 Å². The number of alkyl halides is 3. The van der Waals surface area contributed by atoms with Crippen molar-refractivity contribution in [2.45, 2.75) is 6.18 Å². The van der Waals surface area contributed by atoms with Crippen molar-refractivity contribution < 1.29 is 22.7 Å². The summed E-state index contributed by atoms with van der Waals surface area (Å²) < 4.78 is 44.5. The van der Waals surface area contributed by atoms with Crippen LogP contribution >= 0.6 is 0 Å². The first-order valence-corrected chi connectivity index (χ1v) is 8.60. The van der Waals surface area contributed by atoms with Gasteiger partial charge in [0.05, 0.1) is 30.3 Å². The Balaban J connectivity index is 1.90. The van der Waals surface area contributed by atoms with Crippen LogP contribution in [0.5, 0.6) is 5.75 Å². The molecular weight excluding hydrogens is 397 g/mol. The highest BCUT2D eigenvalue weighted by Gasteiger charge is 2.33. The minimum atomic E-state index is -4.65. The van der Waals surface area contributed by atoms with E-state index in [1.165, 1.54) is 31.5 Å². The molecular formula is C21H15F3N4O2. The number of para-hydroxylation sites is 1. The monoisotopic (exact) mass is 412 g/mol. The smallest absolute Gasteiger partial charge is 0.418 e. The number of benzene rings is 2. The number of ether oxygens (including phenoxy) is 1. The largest absolute Gasteiger partial charge is 0.497 e. The van der Waals surface area contributed by atoms with Gasteiger partial charge in [0.25, 0.3) is 5.91 Å². The Hall–Kier alpha value is -4.06. The van der Waals surface area contributed by atoms with Crippen molar-refractivity contribution in [3.63, 3.8) is 0 Å². The van der Waals surface area contributed by atoms with Crippen molar-refractivity contribution in [2.75, 3.05) is 12.4 Å². The van der Waals surface area contributed by atoms with E-state index in [1.807, 2.05) is 0 Å². The van der Waals surface area contributed by atoms with E-state index < -0.39 is 23.3 Å². The number of hydrogen-bond acceptors (Lipinski definition) is 4. The predicted octanol–water partition coefficient (Wildman–Crippen LogP) is 4.65. The van der Waals surface area contributed by atoms with Gasteiger partial charge in [-0.2, -0.15) is 23.5 Å². The summed E-state index contributed by atoms with van der Waals surface area (Å²) in [4.78, 5) is 12.5. The van der Waals surface area contributed by atoms with Gasteiger partial charge < -0.3 is 10.1 Å². The maximum absolute atomic E-state index is 13.1. The number of halogens is 3. The van der Waals surface area contributed by atoms with E-state index in [0.717, 1.165) is 17.7 Å². The molecule has 0 radical (unpaired) electrons. The first kappa shape index (κ1) is 20.7. The highest BCUT2D eigenvalue weighted by atomic mass is 19.4. The normalized spacial score (nSPS) is 11.6. The van der Waals surface area contributed by atoms with Gasteiger partial charge in [-0.05, 0) is 42.5 Å². The average Bonchev–Trinajstić information content (AvgIpc) is 3.19. The lowest BCUT2D eigenvalue weighted by Gasteiger charge is -2.13. The summed E-state index contributed by atoms with van der Waals surface area (Å²) in [5.74, 6) is -0.313. The van der Waals surface area contributed by atoms with Gasteiger partial charge in [-0.25, -0.2) is 0 Å². The first-order chi connectivity index (χ1) is 14.3. The Morgan fingerprint density at radius 2 is 1.90 bits per heavy atom. The molecule has 0 spiro atoms. The molecule has 0 aliphatic rings. The molecule has 2 N–H and O–H groups in total. The van der Waals surface area contributed by atoms with Gasteiger partial charge >= 0.3 is 6.18 Å². The van der Waals surface area contributed by atoms with Gasteiger partial charge in [0, 0.05) is 11.1 Å². The number of nitrogens with one attached hydrogen (secondary N) is 2. The molecule has 3 aromatic rings. The number of anilines is 1. The van der Waals surface area contributed by atoms with Crippen LogP contribution in [0.3, 0.4) is 0 Å². The Kier molecular flexibility index (Phi) is 5.88. The molecule has 6 nitrogen and oxygen atoms in total. The second-order valence-corrected chi connectivity index (χ2v) is 6.10. The lowest BCUT2D eigenvalue weighted by molar-refractivity contribution is -0.137. The van der Waals surface area contributed by atoms with Gasteiger partial charge in [0.1, 0.15) is 17.4 Å². The van der Waals surface area contributed by atoms with Crippen molar-refractivity contribution >= 4 is 17.7 Å². The molecule has 0 saturated carbocycles. The summed E-state index contributed by atoms with van der Waals surface area (Å²) in [6.45, 7) is 0. The van der Waals surface area contributed by atoms with Crippen LogP contribution in [0.1, 0.15) is 11.1 Å². The molecule has 0 aliphatic carbocycles. The fraction of sp³-hybridized carbons (Fsp3) is 0.0952. The lowest BCUT2D eigenvalue weighted by atomic mass is 10.1. The number of nitriles is 1. The number of rotatable bonds is 5. The van der Waals surface area contributed by atoms with Gasteiger partial charge in [-0.1, -0.05) is 12.1 Å². The van der Waals surface area contributed by atoms with Gasteiger partial charge in [0.2, 0.25) is 0 Å². The summed E-state index contributed by atoms with van der Waals surface area (Å²) >= 11 is 0. The Labute approximate surface area is 169 Å². The number of H-pyrrole nitrogens is 1. The van der Waals surface area contributed by atoms with Crippen LogP contribution in [0, 0.1) is 11.3 Å². The molecule has 0 unspecified atom stereocenters. The maximum atomic E-state index is 13.1. The van der Waals surface area contributed by atoms with E-state index in [1.54, 1.807) is 30.3 Å². The summed E-state index contributed by atoms with van der Waals surface area (Å²) in [7, 11) is 1.54. The van der Waals surface area contributed by atoms with E-state index in [4.69, 9.17) is 4.74 Å². The second kappa shape index (κ2) is 8.53. The first-order valence-electron chi connectivity index (χ1n) is 8.60. The number of aromatic nitrogens is 2. The third-order valence-electron chi connectivity index (χ3n) is 4.19. The Morgan fingerprint density at radius 1 is 1.20 bits per heavy atom. The summed E-state index contributed by atoms with van der Waals surface area (Å²) in [5, 5.41) is 18.3. The summed E-state index contributed by atoms with van der Waals surface area (Å²) in [6, 6.07) is 13.2. The number of hydrogen-bond donors (Lipinski definition) is 2. The molecule has 0 bridgehead atoms. The van der Waals surface area contributed by atoms with Crippen LogP contribution < -0.4 is 10.1 Å². The summed E-state index contributed by atoms with van der Waals surface area (Å²) in [5.41, 5.74) is -0.121. The van der Waals surface area contributed by atoms with Crippen molar-refractivity contribution in [1.82, 2.24) is 10.2 Å². The number of methoxy groups -OCH3 is 1. The molecule has 0 aliphatic heterocycles. The predicted molar refractivity (Wildman–Crippen MR) is 104 cm³/mol. The van der Waals surface area contributed by atoms with Crippen molar-refractivity contribution in [1.29, 1.82) is 5.26 Å². The molecule has 0 atom stereocenters. The van der Waals surface area contributed by atoms with Crippen LogP contribution in [0.15, 0.2) is 60.3 Å². The molecule has 1 heterocycles. The lowest BCUT2D eigenvalue weighted by Crippen LogP contribution is -2.17. The number of aromatic amines is 1. The zero-order valence-corrected chi connectivity index (χ0v) is 15.6. The SMILES string of the molecule is COc1ccc(-c2[nH]ncc2/C=C(\C#N)C(=O)Nc2ccccc2C(F)(F)F)cc1. The van der Waals surface area contributed by atoms with Gasteiger partial charge in [0.15, 0.2) is 0 Å². The minimum Gasteiger partial charge on any atom is -0.497 e. The molecule has 1 aromatic heterocycles. The quantitative estimate of drug-likeness (QED) is 0.471. The van der Waals surface area contributed by atoms with Crippen LogP contribution in [0.4, 0.5) is 18.9 Å². The molecule has 0 fully saturated rings. The third-order valence-corrected chi connectivity index (χ3v) is 4.19. The third kappa shape index (κ3) is 4.50. The van der Waals surface area contributed by atoms with Crippen LogP contribution in [-0.2, 0) is 11.0 Å². The van der Waals surface area contributed by atoms with Gasteiger partial charge in [-0.15, -0.1) is 0 Å². The number of carbonyl (C=O) groups is 1. The van der Waals surface area contributed by atoms with Crippen LogP contribution in [-0.4, -0.2) is 23.2 Å². The van der Waals surface area contributed by atoms with E-state index in [2.05, 4.69) is 15.5 Å². The molecule has 2 aromatic carbocycles. The topological polar surface area (TPSA) is 90.8 Å². The highest BCUT2D eigenvalue weighted by molar-refractivity contribution is 6.10. The van der Waals surface area contributed by atoms with Crippen LogP contribution in [0.25, 0.3) is 17.3 Å². The van der Waals surface area contributed by atoms with Crippen LogP contribution in [0.2, 0.25) is 0 Å². The van der Waals surface area contributed by atoms with Crippen molar-refractivity contribution in [2.24, 2.45) is 0 Å². The zero-order chi connectivity index (χ0) is 21.7. The fourth-order valence-electron chi connectivity index (χ4n) is 2.73. The molecule has 0 saturated heterocycles. The van der Waals surface area contributed by atoms with E-state index in [-0.39, 0.29) is 5.57 Å².